The molecule has 5 heteroatoms. The van der Waals surface area contributed by atoms with E-state index < -0.39 is 5.97 Å². The number of carbonyl (C=O) groups excluding carboxylic acids is 1. The predicted molar refractivity (Wildman–Crippen MR) is 89.4 cm³/mol. The fourth-order valence-electron chi connectivity index (χ4n) is 2.43. The molecule has 3 aromatic rings. The highest BCUT2D eigenvalue weighted by Gasteiger charge is 2.21. The fourth-order valence-corrected chi connectivity index (χ4v) is 2.65. The summed E-state index contributed by atoms with van der Waals surface area (Å²) in [5, 5.41) is 1.17. The first-order chi connectivity index (χ1) is 11.1. The third kappa shape index (κ3) is 2.85. The lowest BCUT2D eigenvalue weighted by atomic mass is 10.1. The molecular weight excluding hydrogens is 314 g/mol. The lowest BCUT2D eigenvalue weighted by molar-refractivity contribution is 0.0733. The van der Waals surface area contributed by atoms with E-state index in [9.17, 15) is 4.79 Å². The number of pyridine rings is 1. The van der Waals surface area contributed by atoms with Crippen LogP contribution >= 0.6 is 11.6 Å². The Hall–Kier alpha value is -2.59. The quantitative estimate of drug-likeness (QED) is 0.527. The van der Waals surface area contributed by atoms with E-state index in [0.29, 0.717) is 17.0 Å². The van der Waals surface area contributed by atoms with Crippen molar-refractivity contribution in [1.82, 2.24) is 4.98 Å². The zero-order chi connectivity index (χ0) is 16.4. The third-order valence-electron chi connectivity index (χ3n) is 3.51. The van der Waals surface area contributed by atoms with Crippen LogP contribution in [0.2, 0.25) is 5.02 Å². The third-order valence-corrected chi connectivity index (χ3v) is 3.83. The van der Waals surface area contributed by atoms with Crippen LogP contribution in [0.5, 0.6) is 11.5 Å². The summed E-state index contributed by atoms with van der Waals surface area (Å²) in [7, 11) is 1.49. The van der Waals surface area contributed by atoms with E-state index in [0.717, 1.165) is 10.9 Å². The van der Waals surface area contributed by atoms with E-state index in [-0.39, 0.29) is 10.6 Å². The average molecular weight is 328 g/mol. The molecule has 0 saturated carbocycles. The highest BCUT2D eigenvalue weighted by atomic mass is 35.5. The summed E-state index contributed by atoms with van der Waals surface area (Å²) in [5.41, 5.74) is 1.63. The Morgan fingerprint density at radius 3 is 2.70 bits per heavy atom. The zero-order valence-electron chi connectivity index (χ0n) is 12.7. The van der Waals surface area contributed by atoms with Gasteiger partial charge in [0, 0.05) is 11.6 Å². The Bertz CT molecular complexity index is 887. The highest BCUT2D eigenvalue weighted by molar-refractivity contribution is 6.34. The van der Waals surface area contributed by atoms with Gasteiger partial charge < -0.3 is 9.47 Å². The number of fused-ring (bicyclic) bond motifs is 1. The summed E-state index contributed by atoms with van der Waals surface area (Å²) in [5.74, 6) is 0.220. The predicted octanol–water partition coefficient (Wildman–Crippen LogP) is 4.42. The van der Waals surface area contributed by atoms with Gasteiger partial charge in [-0.25, -0.2) is 4.79 Å². The van der Waals surface area contributed by atoms with Crippen molar-refractivity contribution in [3.63, 3.8) is 0 Å². The van der Waals surface area contributed by atoms with E-state index in [1.807, 2.05) is 31.2 Å². The minimum atomic E-state index is -0.575. The number of benzene rings is 2. The van der Waals surface area contributed by atoms with Crippen molar-refractivity contribution in [2.45, 2.75) is 6.92 Å². The number of para-hydroxylation sites is 1. The number of aryl methyl sites for hydroxylation is 1. The van der Waals surface area contributed by atoms with Gasteiger partial charge in [0.05, 0.1) is 12.1 Å². The molecule has 0 atom stereocenters. The van der Waals surface area contributed by atoms with Crippen molar-refractivity contribution in [3.05, 3.63) is 64.8 Å². The largest absolute Gasteiger partial charge is 0.496 e. The molecule has 0 saturated heterocycles. The minimum absolute atomic E-state index is 0.210. The van der Waals surface area contributed by atoms with E-state index in [1.165, 1.54) is 7.11 Å². The van der Waals surface area contributed by atoms with Crippen LogP contribution in [0.1, 0.15) is 15.9 Å². The Kier molecular flexibility index (Phi) is 4.17. The van der Waals surface area contributed by atoms with Gasteiger partial charge in [0.1, 0.15) is 16.8 Å². The molecule has 0 amide bonds. The summed E-state index contributed by atoms with van der Waals surface area (Å²) >= 11 is 6.16. The lowest BCUT2D eigenvalue weighted by Crippen LogP contribution is -2.12. The molecule has 0 spiro atoms. The summed E-state index contributed by atoms with van der Waals surface area (Å²) in [6.45, 7) is 1.84. The van der Waals surface area contributed by atoms with Crippen LogP contribution in [0.3, 0.4) is 0 Å². The first kappa shape index (κ1) is 15.3. The fraction of sp³-hybridized carbons (Fsp3) is 0.111. The maximum absolute atomic E-state index is 12.6. The SMILES string of the molecule is COc1c(C)ccc(Cl)c1C(=O)Oc1cccc2cccnc12. The second-order valence-corrected chi connectivity index (χ2v) is 5.40. The number of aromatic nitrogens is 1. The van der Waals surface area contributed by atoms with Gasteiger partial charge in [-0.1, -0.05) is 35.9 Å². The molecule has 23 heavy (non-hydrogen) atoms. The highest BCUT2D eigenvalue weighted by Crippen LogP contribution is 2.32. The topological polar surface area (TPSA) is 48.4 Å². The molecule has 0 N–H and O–H groups in total. The molecule has 3 rings (SSSR count). The zero-order valence-corrected chi connectivity index (χ0v) is 13.4. The normalized spacial score (nSPS) is 10.6. The van der Waals surface area contributed by atoms with Crippen molar-refractivity contribution >= 4 is 28.5 Å². The van der Waals surface area contributed by atoms with Crippen molar-refractivity contribution < 1.29 is 14.3 Å². The molecule has 0 unspecified atom stereocenters. The van der Waals surface area contributed by atoms with Crippen LogP contribution in [0.15, 0.2) is 48.7 Å². The van der Waals surface area contributed by atoms with Crippen LogP contribution in [0.4, 0.5) is 0 Å². The van der Waals surface area contributed by atoms with Gasteiger partial charge in [-0.05, 0) is 30.7 Å². The van der Waals surface area contributed by atoms with Crippen molar-refractivity contribution in [2.24, 2.45) is 0 Å². The van der Waals surface area contributed by atoms with E-state index in [1.54, 1.807) is 24.4 Å². The molecule has 4 nitrogen and oxygen atoms in total. The molecule has 2 aromatic carbocycles. The Labute approximate surface area is 138 Å². The van der Waals surface area contributed by atoms with E-state index in [4.69, 9.17) is 21.1 Å². The molecule has 0 bridgehead atoms. The number of rotatable bonds is 3. The van der Waals surface area contributed by atoms with Crippen LogP contribution in [0.25, 0.3) is 10.9 Å². The standard InChI is InChI=1S/C18H14ClNO3/c1-11-8-9-13(19)15(17(11)22-2)18(21)23-14-7-3-5-12-6-4-10-20-16(12)14/h3-10H,1-2H3. The molecule has 0 aliphatic rings. The first-order valence-corrected chi connectivity index (χ1v) is 7.38. The second kappa shape index (κ2) is 6.26. The summed E-state index contributed by atoms with van der Waals surface area (Å²) in [4.78, 5) is 16.9. The summed E-state index contributed by atoms with van der Waals surface area (Å²) < 4.78 is 10.8. The van der Waals surface area contributed by atoms with Crippen LogP contribution in [0, 0.1) is 6.92 Å². The maximum atomic E-state index is 12.6. The number of carbonyl (C=O) groups is 1. The lowest BCUT2D eigenvalue weighted by Gasteiger charge is -2.13. The van der Waals surface area contributed by atoms with Gasteiger partial charge in [-0.2, -0.15) is 0 Å². The van der Waals surface area contributed by atoms with Crippen LogP contribution in [-0.4, -0.2) is 18.1 Å². The van der Waals surface area contributed by atoms with Gasteiger partial charge in [0.2, 0.25) is 0 Å². The number of nitrogens with zero attached hydrogens (tertiary/aromatic N) is 1. The van der Waals surface area contributed by atoms with Crippen molar-refractivity contribution in [3.8, 4) is 11.5 Å². The number of ether oxygens (including phenoxy) is 2. The van der Waals surface area contributed by atoms with Crippen molar-refractivity contribution in [2.75, 3.05) is 7.11 Å². The van der Waals surface area contributed by atoms with Crippen LogP contribution < -0.4 is 9.47 Å². The molecular formula is C18H14ClNO3. The Morgan fingerprint density at radius 2 is 1.91 bits per heavy atom. The molecule has 1 heterocycles. The molecule has 0 radical (unpaired) electrons. The average Bonchev–Trinajstić information content (AvgIpc) is 2.57. The van der Waals surface area contributed by atoms with E-state index >= 15 is 0 Å². The van der Waals surface area contributed by atoms with Gasteiger partial charge >= 0.3 is 5.97 Å². The molecule has 116 valence electrons. The van der Waals surface area contributed by atoms with Crippen molar-refractivity contribution in [1.29, 1.82) is 0 Å². The second-order valence-electron chi connectivity index (χ2n) is 4.99. The number of hydrogen-bond donors (Lipinski definition) is 0. The first-order valence-electron chi connectivity index (χ1n) is 7.01. The Morgan fingerprint density at radius 1 is 1.13 bits per heavy atom. The van der Waals surface area contributed by atoms with Gasteiger partial charge in [0.15, 0.2) is 5.75 Å². The number of esters is 1. The number of hydrogen-bond acceptors (Lipinski definition) is 4. The van der Waals surface area contributed by atoms with Gasteiger partial charge in [0.25, 0.3) is 0 Å². The number of methoxy groups -OCH3 is 1. The summed E-state index contributed by atoms with van der Waals surface area (Å²) in [6, 6.07) is 12.6. The van der Waals surface area contributed by atoms with Crippen LogP contribution in [-0.2, 0) is 0 Å². The van der Waals surface area contributed by atoms with E-state index in [2.05, 4.69) is 4.98 Å². The smallest absolute Gasteiger partial charge is 0.348 e. The maximum Gasteiger partial charge on any atom is 0.348 e. The Balaban J connectivity index is 2.04. The molecule has 0 aliphatic carbocycles. The summed E-state index contributed by atoms with van der Waals surface area (Å²) in [6.07, 6.45) is 1.65. The monoisotopic (exact) mass is 327 g/mol. The number of halogens is 1. The van der Waals surface area contributed by atoms with Gasteiger partial charge in [-0.3, -0.25) is 4.98 Å². The van der Waals surface area contributed by atoms with Gasteiger partial charge in [-0.15, -0.1) is 0 Å². The minimum Gasteiger partial charge on any atom is -0.496 e. The molecule has 0 fully saturated rings. The molecule has 0 aliphatic heterocycles. The molecule has 1 aromatic heterocycles.